The van der Waals surface area contributed by atoms with Crippen LogP contribution in [0, 0.1) is 12.1 Å². The van der Waals surface area contributed by atoms with Crippen LogP contribution in [0.25, 0.3) is 44.2 Å². The van der Waals surface area contributed by atoms with Crippen LogP contribution in [0.4, 0.5) is 0 Å². The minimum absolute atomic E-state index is 0. The summed E-state index contributed by atoms with van der Waals surface area (Å²) < 4.78 is 22.3. The Balaban J connectivity index is 0.000000154. The summed E-state index contributed by atoms with van der Waals surface area (Å²) in [7, 11) is -0.752. The molecule has 6 heteroatoms. The Morgan fingerprint density at radius 1 is 0.659 bits per heavy atom. The van der Waals surface area contributed by atoms with Gasteiger partial charge in [0.05, 0.1) is 16.6 Å². The first-order valence-electron chi connectivity index (χ1n) is 14.1. The van der Waals surface area contributed by atoms with E-state index in [9.17, 15) is 4.57 Å². The van der Waals surface area contributed by atoms with E-state index in [1.807, 2.05) is 115 Å². The summed E-state index contributed by atoms with van der Waals surface area (Å²) >= 11 is 0. The fourth-order valence-electron chi connectivity index (χ4n) is 5.63. The SMILES string of the molecule is Cn1c2ccccc2c2oc3c(-c4ccccn4)[c-]ccc3c21.O=P(c1[c-]cccc1)(c1ccccc1)c1ccccc1.[Ir]. The third-order valence-electron chi connectivity index (χ3n) is 7.66. The quantitative estimate of drug-likeness (QED) is 0.135. The fraction of sp³-hybridized carbons (Fsp3) is 0.0263. The molecule has 4 nitrogen and oxygen atoms in total. The van der Waals surface area contributed by atoms with Gasteiger partial charge in [0.25, 0.3) is 0 Å². The monoisotopic (exact) mass is 767 g/mol. The number of furan rings is 1. The molecular formula is C38H27IrN2O2P-2. The molecule has 0 amide bonds. The number of pyridine rings is 1. The molecule has 0 saturated carbocycles. The van der Waals surface area contributed by atoms with Gasteiger partial charge in [0, 0.05) is 49.3 Å². The molecule has 0 aliphatic rings. The third-order valence-corrected chi connectivity index (χ3v) is 10.7. The fourth-order valence-corrected chi connectivity index (χ4v) is 8.22. The summed E-state index contributed by atoms with van der Waals surface area (Å²) in [4.78, 5) is 4.44. The number of nitrogens with zero attached hydrogens (tertiary/aromatic N) is 2. The van der Waals surface area contributed by atoms with Crippen LogP contribution in [-0.2, 0) is 31.7 Å². The van der Waals surface area contributed by atoms with Gasteiger partial charge in [-0.05, 0) is 29.3 Å². The van der Waals surface area contributed by atoms with Crippen molar-refractivity contribution in [2.24, 2.45) is 7.05 Å². The van der Waals surface area contributed by atoms with Crippen molar-refractivity contribution in [1.29, 1.82) is 0 Å². The van der Waals surface area contributed by atoms with E-state index in [1.165, 1.54) is 5.52 Å². The molecule has 0 atom stereocenters. The number of benzene rings is 5. The smallest absolute Gasteiger partial charge is 0.147 e. The van der Waals surface area contributed by atoms with Crippen LogP contribution in [-0.4, -0.2) is 9.55 Å². The molecule has 0 bridgehead atoms. The Labute approximate surface area is 269 Å². The second kappa shape index (κ2) is 12.6. The van der Waals surface area contributed by atoms with E-state index in [0.717, 1.165) is 54.6 Å². The average Bonchev–Trinajstić information content (AvgIpc) is 3.61. The molecule has 3 aromatic heterocycles. The van der Waals surface area contributed by atoms with Gasteiger partial charge in [-0.15, -0.1) is 18.2 Å². The van der Waals surface area contributed by atoms with Gasteiger partial charge in [-0.25, -0.2) is 0 Å². The van der Waals surface area contributed by atoms with Crippen molar-refractivity contribution in [2.45, 2.75) is 0 Å². The summed E-state index contributed by atoms with van der Waals surface area (Å²) in [5.74, 6) is 0. The van der Waals surface area contributed by atoms with Crippen LogP contribution in [0.1, 0.15) is 0 Å². The molecule has 8 rings (SSSR count). The molecule has 217 valence electrons. The van der Waals surface area contributed by atoms with Gasteiger partial charge in [-0.3, -0.25) is 0 Å². The van der Waals surface area contributed by atoms with E-state index in [-0.39, 0.29) is 20.1 Å². The third kappa shape index (κ3) is 5.14. The van der Waals surface area contributed by atoms with Gasteiger partial charge >= 0.3 is 0 Å². The van der Waals surface area contributed by atoms with Gasteiger partial charge in [-0.2, -0.15) is 30.3 Å². The first-order chi connectivity index (χ1) is 21.2. The van der Waals surface area contributed by atoms with Crippen LogP contribution in [0.2, 0.25) is 0 Å². The largest absolute Gasteiger partial charge is 0.498 e. The summed E-state index contributed by atoms with van der Waals surface area (Å²) in [6.45, 7) is 0. The number of hydrogen-bond donors (Lipinski definition) is 0. The normalized spacial score (nSPS) is 11.2. The maximum Gasteiger partial charge on any atom is 0.147 e. The number of hydrogen-bond acceptors (Lipinski definition) is 3. The molecule has 44 heavy (non-hydrogen) atoms. The minimum atomic E-state index is -2.83. The predicted molar refractivity (Wildman–Crippen MR) is 177 cm³/mol. The standard InChI is InChI=1S/C20H13N2O.C18H14OP.Ir/c1-22-17-11-3-2-7-14(17)20-18(22)15-9-6-8-13(19(15)23-20)16-10-4-5-12-21-16;19-20(16-10-4-1-5-11-16,17-12-6-2-7-13-17)18-14-8-3-9-15-18;/h2-7,9-12H,1H3;1-14H;/q2*-1;. The maximum atomic E-state index is 13.8. The zero-order valence-corrected chi connectivity index (χ0v) is 27.1. The van der Waals surface area contributed by atoms with Crippen molar-refractivity contribution in [3.05, 3.63) is 158 Å². The second-order valence-corrected chi connectivity index (χ2v) is 12.9. The Kier molecular flexibility index (Phi) is 8.46. The Hall–Kier alpha value is -4.53. The van der Waals surface area contributed by atoms with Crippen molar-refractivity contribution >= 4 is 56.0 Å². The first kappa shape index (κ1) is 29.5. The Morgan fingerprint density at radius 3 is 1.98 bits per heavy atom. The molecule has 3 heterocycles. The van der Waals surface area contributed by atoms with E-state index in [1.54, 1.807) is 6.20 Å². The average molecular weight is 767 g/mol. The minimum Gasteiger partial charge on any atom is -0.498 e. The zero-order chi connectivity index (χ0) is 29.2. The molecule has 0 unspecified atom stereocenters. The number of aromatic nitrogens is 2. The van der Waals surface area contributed by atoms with E-state index in [2.05, 4.69) is 53.0 Å². The molecule has 0 fully saturated rings. The van der Waals surface area contributed by atoms with E-state index >= 15 is 0 Å². The van der Waals surface area contributed by atoms with Crippen LogP contribution in [0.5, 0.6) is 0 Å². The maximum absolute atomic E-state index is 13.8. The van der Waals surface area contributed by atoms with Crippen LogP contribution < -0.4 is 15.9 Å². The predicted octanol–water partition coefficient (Wildman–Crippen LogP) is 8.06. The van der Waals surface area contributed by atoms with Crippen LogP contribution in [0.15, 0.2) is 150 Å². The number of rotatable bonds is 4. The molecule has 8 aromatic rings. The van der Waals surface area contributed by atoms with Crippen molar-refractivity contribution in [3.8, 4) is 11.3 Å². The van der Waals surface area contributed by atoms with Gasteiger partial charge in [0.15, 0.2) is 0 Å². The van der Waals surface area contributed by atoms with E-state index in [4.69, 9.17) is 4.42 Å². The van der Waals surface area contributed by atoms with Crippen LogP contribution in [0.3, 0.4) is 0 Å². The van der Waals surface area contributed by atoms with E-state index < -0.39 is 7.14 Å². The summed E-state index contributed by atoms with van der Waals surface area (Å²) in [5, 5.41) is 4.66. The molecule has 0 aliphatic heterocycles. The van der Waals surface area contributed by atoms with Crippen LogP contribution >= 0.6 is 7.14 Å². The summed E-state index contributed by atoms with van der Waals surface area (Å²) in [6.07, 6.45) is 1.79. The van der Waals surface area contributed by atoms with Gasteiger partial charge in [-0.1, -0.05) is 95.8 Å². The van der Waals surface area contributed by atoms with Crippen molar-refractivity contribution < 1.29 is 29.1 Å². The molecule has 0 aliphatic carbocycles. The topological polar surface area (TPSA) is 48.0 Å². The van der Waals surface area contributed by atoms with Gasteiger partial charge in [0.1, 0.15) is 12.7 Å². The number of para-hydroxylation sites is 1. The van der Waals surface area contributed by atoms with Gasteiger partial charge in [0.2, 0.25) is 0 Å². The zero-order valence-electron chi connectivity index (χ0n) is 23.8. The summed E-state index contributed by atoms with van der Waals surface area (Å²) in [5.41, 5.74) is 5.85. The van der Waals surface area contributed by atoms with Gasteiger partial charge < -0.3 is 18.5 Å². The second-order valence-electron chi connectivity index (χ2n) is 10.2. The molecule has 5 aromatic carbocycles. The molecule has 1 radical (unpaired) electrons. The number of fused-ring (bicyclic) bond motifs is 5. The van der Waals surface area contributed by atoms with Crippen molar-refractivity contribution in [2.75, 3.05) is 0 Å². The van der Waals surface area contributed by atoms with Crippen molar-refractivity contribution in [1.82, 2.24) is 9.55 Å². The Morgan fingerprint density at radius 2 is 1.32 bits per heavy atom. The molecule has 0 N–H and O–H groups in total. The van der Waals surface area contributed by atoms with Crippen molar-refractivity contribution in [3.63, 3.8) is 0 Å². The molecular weight excluding hydrogens is 740 g/mol. The molecule has 0 spiro atoms. The first-order valence-corrected chi connectivity index (χ1v) is 15.8. The molecule has 0 saturated heterocycles. The Bertz CT molecular complexity index is 2110. The number of aryl methyl sites for hydroxylation is 1. The summed E-state index contributed by atoms with van der Waals surface area (Å²) in [6, 6.07) is 51.4. The van der Waals surface area contributed by atoms with E-state index in [0.29, 0.717) is 0 Å².